The first-order valence-corrected chi connectivity index (χ1v) is 9.58. The molecule has 0 bridgehead atoms. The molecule has 2 fully saturated rings. The number of nitrogens with zero attached hydrogens (tertiary/aromatic N) is 2. The molecule has 1 aromatic rings. The van der Waals surface area contributed by atoms with E-state index in [1.807, 2.05) is 24.5 Å². The molecule has 0 aromatic carbocycles. The van der Waals surface area contributed by atoms with Gasteiger partial charge in [0.2, 0.25) is 10.0 Å². The van der Waals surface area contributed by atoms with Gasteiger partial charge in [0.1, 0.15) is 0 Å². The Bertz CT molecular complexity index is 593. The summed E-state index contributed by atoms with van der Waals surface area (Å²) in [4.78, 5) is 6.48. The molecule has 0 saturated carbocycles. The van der Waals surface area contributed by atoms with Crippen molar-refractivity contribution >= 4 is 10.0 Å². The fourth-order valence-electron chi connectivity index (χ4n) is 3.43. The minimum absolute atomic E-state index is 0.0139. The van der Waals surface area contributed by atoms with Crippen LogP contribution in [-0.4, -0.2) is 56.9 Å². The summed E-state index contributed by atoms with van der Waals surface area (Å²) in [5.41, 5.74) is 1.26. The number of nitrogens with one attached hydrogen (secondary N) is 1. The number of aromatic nitrogens is 1. The van der Waals surface area contributed by atoms with Gasteiger partial charge >= 0.3 is 0 Å². The first kappa shape index (κ1) is 15.9. The van der Waals surface area contributed by atoms with Gasteiger partial charge in [-0.3, -0.25) is 9.88 Å². The van der Waals surface area contributed by atoms with E-state index in [2.05, 4.69) is 14.6 Å². The van der Waals surface area contributed by atoms with Crippen LogP contribution in [0.1, 0.15) is 12.0 Å². The molecule has 3 heterocycles. The van der Waals surface area contributed by atoms with Crippen LogP contribution in [0.3, 0.4) is 0 Å². The lowest BCUT2D eigenvalue weighted by molar-refractivity contribution is 0.0776. The Balaban J connectivity index is 1.58. The van der Waals surface area contributed by atoms with E-state index < -0.39 is 10.0 Å². The Labute approximate surface area is 131 Å². The number of hydrogen-bond acceptors (Lipinski definition) is 5. The SMILES string of the molecule is CS(=O)(=O)NC[C@@H]1OC[C@H]2CCN(Cc3ccncc3)C[C@H]21. The van der Waals surface area contributed by atoms with Crippen LogP contribution in [-0.2, 0) is 21.3 Å². The van der Waals surface area contributed by atoms with Gasteiger partial charge in [0.05, 0.1) is 19.0 Å². The molecule has 0 spiro atoms. The summed E-state index contributed by atoms with van der Waals surface area (Å²) < 4.78 is 31.0. The Morgan fingerprint density at radius 3 is 2.91 bits per heavy atom. The summed E-state index contributed by atoms with van der Waals surface area (Å²) in [5.74, 6) is 0.963. The van der Waals surface area contributed by atoms with Crippen LogP contribution in [0.15, 0.2) is 24.5 Å². The lowest BCUT2D eigenvalue weighted by atomic mass is 9.84. The van der Waals surface area contributed by atoms with Crippen molar-refractivity contribution in [1.29, 1.82) is 0 Å². The van der Waals surface area contributed by atoms with Crippen LogP contribution in [0.5, 0.6) is 0 Å². The van der Waals surface area contributed by atoms with Crippen molar-refractivity contribution in [3.8, 4) is 0 Å². The summed E-state index contributed by atoms with van der Waals surface area (Å²) >= 11 is 0. The van der Waals surface area contributed by atoms with E-state index in [1.54, 1.807) is 0 Å². The van der Waals surface area contributed by atoms with Gasteiger partial charge in [-0.25, -0.2) is 13.1 Å². The van der Waals surface area contributed by atoms with E-state index in [0.29, 0.717) is 18.4 Å². The smallest absolute Gasteiger partial charge is 0.208 e. The van der Waals surface area contributed by atoms with Gasteiger partial charge in [-0.1, -0.05) is 0 Å². The van der Waals surface area contributed by atoms with E-state index in [0.717, 1.165) is 32.7 Å². The van der Waals surface area contributed by atoms with Crippen molar-refractivity contribution < 1.29 is 13.2 Å². The Morgan fingerprint density at radius 1 is 1.41 bits per heavy atom. The van der Waals surface area contributed by atoms with Gasteiger partial charge in [-0.2, -0.15) is 0 Å². The molecule has 0 unspecified atom stereocenters. The van der Waals surface area contributed by atoms with Crippen molar-refractivity contribution in [2.75, 3.05) is 32.5 Å². The van der Waals surface area contributed by atoms with Crippen LogP contribution >= 0.6 is 0 Å². The average Bonchev–Trinajstić information content (AvgIpc) is 2.88. The van der Waals surface area contributed by atoms with Crippen molar-refractivity contribution in [3.63, 3.8) is 0 Å². The second kappa shape index (κ2) is 6.62. The zero-order valence-corrected chi connectivity index (χ0v) is 13.6. The standard InChI is InChI=1S/C15H23N3O3S/c1-22(19,20)17-8-15-14-10-18(7-4-13(14)11-21-15)9-12-2-5-16-6-3-12/h2-3,5-6,13-15,17H,4,7-11H2,1H3/t13-,14-,15+/m1/s1. The number of hydrogen-bond donors (Lipinski definition) is 1. The third-order valence-corrected chi connectivity index (χ3v) is 5.29. The van der Waals surface area contributed by atoms with Crippen LogP contribution in [0.2, 0.25) is 0 Å². The molecule has 6 nitrogen and oxygen atoms in total. The Hall–Kier alpha value is -1.02. The highest BCUT2D eigenvalue weighted by Crippen LogP contribution is 2.34. The monoisotopic (exact) mass is 325 g/mol. The molecule has 1 N–H and O–H groups in total. The number of pyridine rings is 1. The normalized spacial score (nSPS) is 29.4. The molecular formula is C15H23N3O3S. The lowest BCUT2D eigenvalue weighted by Gasteiger charge is -2.36. The zero-order valence-electron chi connectivity index (χ0n) is 12.8. The molecule has 0 amide bonds. The summed E-state index contributed by atoms with van der Waals surface area (Å²) in [6, 6.07) is 4.08. The second-order valence-corrected chi connectivity index (χ2v) is 8.13. The number of rotatable bonds is 5. The van der Waals surface area contributed by atoms with E-state index in [9.17, 15) is 8.42 Å². The molecule has 2 saturated heterocycles. The van der Waals surface area contributed by atoms with E-state index in [-0.39, 0.29) is 6.10 Å². The topological polar surface area (TPSA) is 71.5 Å². The Kier molecular flexibility index (Phi) is 4.77. The molecule has 2 aliphatic rings. The third-order valence-electron chi connectivity index (χ3n) is 4.59. The molecule has 0 aliphatic carbocycles. The van der Waals surface area contributed by atoms with E-state index >= 15 is 0 Å². The van der Waals surface area contributed by atoms with Crippen molar-refractivity contribution in [1.82, 2.24) is 14.6 Å². The van der Waals surface area contributed by atoms with Crippen LogP contribution < -0.4 is 4.72 Å². The predicted octanol–water partition coefficient (Wildman–Crippen LogP) is 0.468. The summed E-state index contributed by atoms with van der Waals surface area (Å²) in [6.07, 6.45) is 5.93. The summed E-state index contributed by atoms with van der Waals surface area (Å²) in [7, 11) is -3.16. The fraction of sp³-hybridized carbons (Fsp3) is 0.667. The molecule has 3 rings (SSSR count). The highest BCUT2D eigenvalue weighted by atomic mass is 32.2. The van der Waals surface area contributed by atoms with Crippen LogP contribution in [0, 0.1) is 11.8 Å². The van der Waals surface area contributed by atoms with Gasteiger partial charge in [0, 0.05) is 37.9 Å². The molecule has 2 aliphatic heterocycles. The maximum atomic E-state index is 11.3. The number of likely N-dealkylation sites (tertiary alicyclic amines) is 1. The number of ether oxygens (including phenoxy) is 1. The second-order valence-electron chi connectivity index (χ2n) is 6.30. The van der Waals surface area contributed by atoms with Gasteiger partial charge in [-0.05, 0) is 36.6 Å². The molecule has 7 heteroatoms. The molecular weight excluding hydrogens is 302 g/mol. The van der Waals surface area contributed by atoms with E-state index in [4.69, 9.17) is 4.74 Å². The molecule has 3 atom stereocenters. The highest BCUT2D eigenvalue weighted by Gasteiger charge is 2.40. The van der Waals surface area contributed by atoms with Gasteiger partial charge < -0.3 is 4.74 Å². The summed E-state index contributed by atoms with van der Waals surface area (Å²) in [5, 5.41) is 0. The van der Waals surface area contributed by atoms with Crippen molar-refractivity contribution in [3.05, 3.63) is 30.1 Å². The van der Waals surface area contributed by atoms with Gasteiger partial charge in [0.25, 0.3) is 0 Å². The molecule has 122 valence electrons. The van der Waals surface area contributed by atoms with Crippen molar-refractivity contribution in [2.24, 2.45) is 11.8 Å². The van der Waals surface area contributed by atoms with E-state index in [1.165, 1.54) is 11.8 Å². The number of fused-ring (bicyclic) bond motifs is 1. The van der Waals surface area contributed by atoms with Crippen LogP contribution in [0.4, 0.5) is 0 Å². The minimum atomic E-state index is -3.16. The largest absolute Gasteiger partial charge is 0.376 e. The zero-order chi connectivity index (χ0) is 15.6. The lowest BCUT2D eigenvalue weighted by Crippen LogP contribution is -2.44. The molecule has 0 radical (unpaired) electrons. The van der Waals surface area contributed by atoms with Gasteiger partial charge in [-0.15, -0.1) is 0 Å². The average molecular weight is 325 g/mol. The van der Waals surface area contributed by atoms with Crippen molar-refractivity contribution in [2.45, 2.75) is 19.1 Å². The maximum absolute atomic E-state index is 11.3. The third kappa shape index (κ3) is 4.04. The minimum Gasteiger partial charge on any atom is -0.376 e. The first-order valence-electron chi connectivity index (χ1n) is 7.69. The Morgan fingerprint density at radius 2 is 2.18 bits per heavy atom. The number of sulfonamides is 1. The molecule has 1 aromatic heterocycles. The van der Waals surface area contributed by atoms with Crippen LogP contribution in [0.25, 0.3) is 0 Å². The van der Waals surface area contributed by atoms with Gasteiger partial charge in [0.15, 0.2) is 0 Å². The fourth-order valence-corrected chi connectivity index (χ4v) is 3.90. The number of piperidine rings is 1. The summed E-state index contributed by atoms with van der Waals surface area (Å²) in [6.45, 7) is 4.08. The quantitative estimate of drug-likeness (QED) is 0.852. The predicted molar refractivity (Wildman–Crippen MR) is 83.7 cm³/mol. The highest BCUT2D eigenvalue weighted by molar-refractivity contribution is 7.88. The first-order chi connectivity index (χ1) is 10.5. The maximum Gasteiger partial charge on any atom is 0.208 e. The molecule has 22 heavy (non-hydrogen) atoms.